The molecule has 0 aromatic heterocycles. The normalized spacial score (nSPS) is 21.1. The molecule has 0 saturated carbocycles. The van der Waals surface area contributed by atoms with Gasteiger partial charge in [0.15, 0.2) is 0 Å². The number of ether oxygens (including phenoxy) is 1. The number of rotatable bonds is 3. The van der Waals surface area contributed by atoms with E-state index in [1.54, 1.807) is 21.9 Å². The molecule has 2 amide bonds. The highest BCUT2D eigenvalue weighted by Crippen LogP contribution is 2.39. The first kappa shape index (κ1) is 21.5. The van der Waals surface area contributed by atoms with E-state index in [1.165, 1.54) is 19.1 Å². The van der Waals surface area contributed by atoms with Crippen molar-refractivity contribution in [2.45, 2.75) is 43.7 Å². The zero-order valence-corrected chi connectivity index (χ0v) is 18.3. The lowest BCUT2D eigenvalue weighted by Gasteiger charge is -2.41. The summed E-state index contributed by atoms with van der Waals surface area (Å²) in [5, 5.41) is 5.18. The van der Waals surface area contributed by atoms with Crippen LogP contribution in [0.3, 0.4) is 0 Å². The molecule has 0 bridgehead atoms. The number of hydrogen-bond acceptors (Lipinski definition) is 5. The third-order valence-corrected chi connectivity index (χ3v) is 6.67. The highest BCUT2D eigenvalue weighted by atomic mass is 32.2. The van der Waals surface area contributed by atoms with Crippen molar-refractivity contribution < 1.29 is 22.7 Å². The number of anilines is 2. The average Bonchev–Trinajstić information content (AvgIpc) is 3.26. The standard InChI is InChI=1S/C22H25N3O5S/c1-14-13-24(22(27)21-4-3-11-30-21)20-12-17(7-10-19(20)25(14)15(2)26)16-5-8-18(9-6-16)31(23,28)29/h5-10,12,14,21H,3-4,11,13H2,1-2H3,(H2,23,28,29)/t14-,21?/m0/s1. The van der Waals surface area contributed by atoms with Crippen molar-refractivity contribution in [3.8, 4) is 11.1 Å². The van der Waals surface area contributed by atoms with Gasteiger partial charge in [-0.05, 0) is 55.2 Å². The zero-order valence-electron chi connectivity index (χ0n) is 17.4. The highest BCUT2D eigenvalue weighted by Gasteiger charge is 2.37. The fourth-order valence-electron chi connectivity index (χ4n) is 4.28. The maximum Gasteiger partial charge on any atom is 0.256 e. The van der Waals surface area contributed by atoms with Gasteiger partial charge in [0.1, 0.15) is 6.10 Å². The Kier molecular flexibility index (Phi) is 5.59. The molecule has 2 aromatic rings. The van der Waals surface area contributed by atoms with Crippen LogP contribution in [0.25, 0.3) is 11.1 Å². The number of fused-ring (bicyclic) bond motifs is 1. The number of amides is 2. The van der Waals surface area contributed by atoms with Gasteiger partial charge in [0, 0.05) is 20.1 Å². The van der Waals surface area contributed by atoms with E-state index in [1.807, 2.05) is 25.1 Å². The van der Waals surface area contributed by atoms with Crippen LogP contribution in [-0.4, -0.2) is 45.5 Å². The Labute approximate surface area is 181 Å². The van der Waals surface area contributed by atoms with Crippen molar-refractivity contribution in [2.75, 3.05) is 23.0 Å². The molecule has 9 heteroatoms. The summed E-state index contributed by atoms with van der Waals surface area (Å²) in [6.07, 6.45) is 1.06. The van der Waals surface area contributed by atoms with E-state index in [4.69, 9.17) is 9.88 Å². The van der Waals surface area contributed by atoms with E-state index in [2.05, 4.69) is 0 Å². The minimum Gasteiger partial charge on any atom is -0.368 e. The minimum atomic E-state index is -3.78. The first-order valence-electron chi connectivity index (χ1n) is 10.2. The van der Waals surface area contributed by atoms with E-state index in [9.17, 15) is 18.0 Å². The molecule has 2 aliphatic rings. The van der Waals surface area contributed by atoms with Gasteiger partial charge < -0.3 is 14.5 Å². The van der Waals surface area contributed by atoms with Crippen LogP contribution < -0.4 is 14.9 Å². The summed E-state index contributed by atoms with van der Waals surface area (Å²) in [7, 11) is -3.78. The Morgan fingerprint density at radius 2 is 1.74 bits per heavy atom. The van der Waals surface area contributed by atoms with Crippen LogP contribution in [0, 0.1) is 0 Å². The van der Waals surface area contributed by atoms with Crippen LogP contribution in [-0.2, 0) is 24.3 Å². The molecule has 8 nitrogen and oxygen atoms in total. The van der Waals surface area contributed by atoms with E-state index in [0.29, 0.717) is 30.9 Å². The summed E-state index contributed by atoms with van der Waals surface area (Å²) in [6, 6.07) is 11.6. The molecular formula is C22H25N3O5S. The van der Waals surface area contributed by atoms with Gasteiger partial charge >= 0.3 is 0 Å². The Morgan fingerprint density at radius 1 is 1.06 bits per heavy atom. The van der Waals surface area contributed by atoms with Crippen molar-refractivity contribution >= 4 is 33.2 Å². The maximum atomic E-state index is 13.2. The Morgan fingerprint density at radius 3 is 2.32 bits per heavy atom. The molecular weight excluding hydrogens is 418 g/mol. The zero-order chi connectivity index (χ0) is 22.3. The number of sulfonamides is 1. The van der Waals surface area contributed by atoms with Gasteiger partial charge in [0.05, 0.1) is 22.3 Å². The fourth-order valence-corrected chi connectivity index (χ4v) is 4.79. The van der Waals surface area contributed by atoms with E-state index >= 15 is 0 Å². The second kappa shape index (κ2) is 8.07. The first-order valence-corrected chi connectivity index (χ1v) is 11.7. The molecule has 2 aromatic carbocycles. The molecule has 1 saturated heterocycles. The van der Waals surface area contributed by atoms with Gasteiger partial charge in [-0.1, -0.05) is 18.2 Å². The van der Waals surface area contributed by atoms with Gasteiger partial charge in [-0.2, -0.15) is 0 Å². The van der Waals surface area contributed by atoms with Crippen LogP contribution in [0.1, 0.15) is 26.7 Å². The van der Waals surface area contributed by atoms with E-state index < -0.39 is 16.1 Å². The van der Waals surface area contributed by atoms with Gasteiger partial charge in [0.25, 0.3) is 5.91 Å². The summed E-state index contributed by atoms with van der Waals surface area (Å²) in [4.78, 5) is 29.0. The number of nitrogens with zero attached hydrogens (tertiary/aromatic N) is 2. The third kappa shape index (κ3) is 4.08. The average molecular weight is 444 g/mol. The number of carbonyl (C=O) groups excluding carboxylic acids is 2. The smallest absolute Gasteiger partial charge is 0.256 e. The van der Waals surface area contributed by atoms with Crippen LogP contribution in [0.2, 0.25) is 0 Å². The number of primary sulfonamides is 1. The van der Waals surface area contributed by atoms with Crippen molar-refractivity contribution in [1.82, 2.24) is 0 Å². The quantitative estimate of drug-likeness (QED) is 0.783. The molecule has 164 valence electrons. The fraction of sp³-hybridized carbons (Fsp3) is 0.364. The summed E-state index contributed by atoms with van der Waals surface area (Å²) >= 11 is 0. The molecule has 1 fully saturated rings. The summed E-state index contributed by atoms with van der Waals surface area (Å²) < 4.78 is 28.7. The highest BCUT2D eigenvalue weighted by molar-refractivity contribution is 7.89. The largest absolute Gasteiger partial charge is 0.368 e. The molecule has 1 unspecified atom stereocenters. The first-order chi connectivity index (χ1) is 14.7. The monoisotopic (exact) mass is 443 g/mol. The van der Waals surface area contributed by atoms with Crippen LogP contribution in [0.15, 0.2) is 47.4 Å². The maximum absolute atomic E-state index is 13.2. The summed E-state index contributed by atoms with van der Waals surface area (Å²) in [6.45, 7) is 4.37. The molecule has 31 heavy (non-hydrogen) atoms. The van der Waals surface area contributed by atoms with Crippen molar-refractivity contribution in [3.63, 3.8) is 0 Å². The van der Waals surface area contributed by atoms with Crippen molar-refractivity contribution in [1.29, 1.82) is 0 Å². The van der Waals surface area contributed by atoms with Gasteiger partial charge in [0.2, 0.25) is 15.9 Å². The van der Waals surface area contributed by atoms with Crippen LogP contribution in [0.4, 0.5) is 11.4 Å². The third-order valence-electron chi connectivity index (χ3n) is 5.74. The molecule has 0 aliphatic carbocycles. The van der Waals surface area contributed by atoms with Crippen molar-refractivity contribution in [3.05, 3.63) is 42.5 Å². The number of hydrogen-bond donors (Lipinski definition) is 1. The lowest BCUT2D eigenvalue weighted by Crippen LogP contribution is -2.53. The Bertz CT molecular complexity index is 1120. The lowest BCUT2D eigenvalue weighted by atomic mass is 10.00. The van der Waals surface area contributed by atoms with Crippen molar-refractivity contribution in [2.24, 2.45) is 5.14 Å². The second-order valence-corrected chi connectivity index (χ2v) is 9.52. The van der Waals surface area contributed by atoms with E-state index in [-0.39, 0.29) is 22.8 Å². The topological polar surface area (TPSA) is 110 Å². The van der Waals surface area contributed by atoms with Crippen LogP contribution in [0.5, 0.6) is 0 Å². The number of benzene rings is 2. The van der Waals surface area contributed by atoms with Crippen LogP contribution >= 0.6 is 0 Å². The molecule has 2 aliphatic heterocycles. The molecule has 2 atom stereocenters. The number of carbonyl (C=O) groups is 2. The molecule has 4 rings (SSSR count). The molecule has 0 radical (unpaired) electrons. The lowest BCUT2D eigenvalue weighted by molar-refractivity contribution is -0.127. The summed E-state index contributed by atoms with van der Waals surface area (Å²) in [5.41, 5.74) is 2.87. The van der Waals surface area contributed by atoms with Gasteiger partial charge in [-0.15, -0.1) is 0 Å². The predicted molar refractivity (Wildman–Crippen MR) is 117 cm³/mol. The second-order valence-electron chi connectivity index (χ2n) is 7.96. The van der Waals surface area contributed by atoms with Gasteiger partial charge in [-0.3, -0.25) is 9.59 Å². The molecule has 2 N–H and O–H groups in total. The molecule has 2 heterocycles. The summed E-state index contributed by atoms with van der Waals surface area (Å²) in [5.74, 6) is -0.196. The Hall–Kier alpha value is -2.75. The minimum absolute atomic E-state index is 0.0287. The SMILES string of the molecule is CC(=O)N1c2ccc(-c3ccc(S(N)(=O)=O)cc3)cc2N(C(=O)C2CCCO2)C[C@@H]1C. The molecule has 0 spiro atoms. The Balaban J connectivity index is 1.77. The predicted octanol–water partition coefficient (Wildman–Crippen LogP) is 2.27. The van der Waals surface area contributed by atoms with Gasteiger partial charge in [-0.25, -0.2) is 13.6 Å². The van der Waals surface area contributed by atoms with E-state index in [0.717, 1.165) is 17.5 Å². The number of nitrogens with two attached hydrogens (primary N) is 1.